The number of ether oxygens (including phenoxy) is 3. The minimum absolute atomic E-state index is 0.0309. The van der Waals surface area contributed by atoms with Gasteiger partial charge in [-0.05, 0) is 38.5 Å². The first-order chi connectivity index (χ1) is 14.8. The molecule has 1 aliphatic rings. The number of aryl methyl sites for hydroxylation is 2. The normalized spacial score (nSPS) is 18.3. The van der Waals surface area contributed by atoms with Crippen LogP contribution in [-0.4, -0.2) is 61.8 Å². The number of amides is 1. The highest BCUT2D eigenvalue weighted by Gasteiger charge is 2.34. The van der Waals surface area contributed by atoms with Gasteiger partial charge in [-0.15, -0.1) is 0 Å². The second-order valence-corrected chi connectivity index (χ2v) is 8.08. The van der Waals surface area contributed by atoms with Crippen LogP contribution in [0.25, 0.3) is 0 Å². The van der Waals surface area contributed by atoms with Gasteiger partial charge in [-0.2, -0.15) is 5.10 Å². The molecule has 1 aromatic carbocycles. The molecular weight excluding hydrogens is 420 g/mol. The lowest BCUT2D eigenvalue weighted by Gasteiger charge is -2.34. The van der Waals surface area contributed by atoms with Crippen LogP contribution in [0.5, 0.6) is 5.88 Å². The van der Waals surface area contributed by atoms with E-state index in [1.807, 2.05) is 27.0 Å². The van der Waals surface area contributed by atoms with Crippen molar-refractivity contribution in [1.82, 2.24) is 15.1 Å². The number of carbonyl (C=O) groups is 1. The number of hydrogen-bond donors (Lipinski definition) is 1. The second-order valence-electron chi connectivity index (χ2n) is 7.64. The maximum atomic E-state index is 13.1. The van der Waals surface area contributed by atoms with Gasteiger partial charge in [0.1, 0.15) is 6.10 Å². The van der Waals surface area contributed by atoms with Gasteiger partial charge in [0.2, 0.25) is 5.88 Å². The van der Waals surface area contributed by atoms with Gasteiger partial charge in [-0.1, -0.05) is 11.6 Å². The van der Waals surface area contributed by atoms with Crippen LogP contribution in [0.15, 0.2) is 12.1 Å². The minimum Gasteiger partial charge on any atom is -0.481 e. The van der Waals surface area contributed by atoms with Crippen LogP contribution in [0.2, 0.25) is 5.02 Å². The van der Waals surface area contributed by atoms with Crippen molar-refractivity contribution in [2.45, 2.75) is 39.5 Å². The van der Waals surface area contributed by atoms with Gasteiger partial charge in [-0.25, -0.2) is 4.68 Å². The van der Waals surface area contributed by atoms with Gasteiger partial charge in [-0.3, -0.25) is 4.79 Å². The molecule has 1 aromatic heterocycles. The van der Waals surface area contributed by atoms with Crippen molar-refractivity contribution >= 4 is 23.2 Å². The summed E-state index contributed by atoms with van der Waals surface area (Å²) in [6.45, 7) is 8.07. The summed E-state index contributed by atoms with van der Waals surface area (Å²) in [6, 6.07) is 3.66. The van der Waals surface area contributed by atoms with Gasteiger partial charge in [0.25, 0.3) is 5.91 Å². The Labute approximate surface area is 188 Å². The third-order valence-electron chi connectivity index (χ3n) is 5.85. The molecule has 1 aliphatic heterocycles. The fourth-order valence-electron chi connectivity index (χ4n) is 4.23. The van der Waals surface area contributed by atoms with Crippen molar-refractivity contribution in [3.05, 3.63) is 39.5 Å². The summed E-state index contributed by atoms with van der Waals surface area (Å²) in [5.41, 5.74) is 3.97. The van der Waals surface area contributed by atoms with Crippen LogP contribution in [0.1, 0.15) is 34.1 Å². The van der Waals surface area contributed by atoms with Crippen molar-refractivity contribution in [2.24, 2.45) is 7.05 Å². The molecule has 0 spiro atoms. The topological polar surface area (TPSA) is 77.9 Å². The van der Waals surface area contributed by atoms with E-state index in [0.29, 0.717) is 36.2 Å². The Hall–Kier alpha value is -2.29. The Morgan fingerprint density at radius 2 is 2.10 bits per heavy atom. The first-order valence-electron chi connectivity index (χ1n) is 10.3. The number of nitrogens with one attached hydrogen (secondary N) is 1. The van der Waals surface area contributed by atoms with Crippen LogP contribution in [-0.2, 0) is 23.1 Å². The molecule has 1 amide bonds. The van der Waals surface area contributed by atoms with Crippen LogP contribution >= 0.6 is 11.6 Å². The molecule has 0 aliphatic carbocycles. The summed E-state index contributed by atoms with van der Waals surface area (Å²) in [5.74, 6) is 0.430. The maximum absolute atomic E-state index is 13.1. The zero-order valence-corrected chi connectivity index (χ0v) is 19.7. The number of likely N-dealkylation sites (N-methyl/N-ethyl adjacent to an activating group) is 1. The van der Waals surface area contributed by atoms with E-state index in [2.05, 4.69) is 22.2 Å². The van der Waals surface area contributed by atoms with E-state index in [0.717, 1.165) is 29.1 Å². The average molecular weight is 451 g/mol. The third-order valence-corrected chi connectivity index (χ3v) is 6.07. The summed E-state index contributed by atoms with van der Waals surface area (Å²) in [4.78, 5) is 15.3. The Bertz CT molecular complexity index is 946. The zero-order valence-electron chi connectivity index (χ0n) is 19.0. The molecule has 3 rings (SSSR count). The molecule has 170 valence electrons. The first-order valence-corrected chi connectivity index (χ1v) is 10.7. The Morgan fingerprint density at radius 3 is 2.74 bits per heavy atom. The monoisotopic (exact) mass is 450 g/mol. The van der Waals surface area contributed by atoms with E-state index in [-0.39, 0.29) is 18.1 Å². The highest BCUT2D eigenvalue weighted by Crippen LogP contribution is 2.32. The quantitative estimate of drug-likeness (QED) is 0.666. The molecule has 2 unspecified atom stereocenters. The fraction of sp³-hybridized carbons (Fsp3) is 0.545. The third kappa shape index (κ3) is 4.66. The highest BCUT2D eigenvalue weighted by molar-refractivity contribution is 6.31. The number of benzene rings is 1. The van der Waals surface area contributed by atoms with Crippen molar-refractivity contribution in [3.63, 3.8) is 0 Å². The van der Waals surface area contributed by atoms with Crippen LogP contribution in [0.4, 0.5) is 5.69 Å². The molecule has 1 fully saturated rings. The van der Waals surface area contributed by atoms with E-state index < -0.39 is 0 Å². The van der Waals surface area contributed by atoms with Crippen molar-refractivity contribution in [1.29, 1.82) is 0 Å². The van der Waals surface area contributed by atoms with E-state index in [1.165, 1.54) is 0 Å². The molecule has 0 radical (unpaired) electrons. The predicted octanol–water partition coefficient (Wildman–Crippen LogP) is 2.87. The number of aromatic nitrogens is 2. The molecular formula is C22H31ClN4O4. The van der Waals surface area contributed by atoms with Crippen LogP contribution in [0, 0.1) is 13.8 Å². The molecule has 0 saturated carbocycles. The number of carbonyl (C=O) groups excluding carboxylic acids is 1. The lowest BCUT2D eigenvalue weighted by atomic mass is 10.0. The summed E-state index contributed by atoms with van der Waals surface area (Å²) in [5, 5.41) is 7.85. The minimum atomic E-state index is -0.200. The van der Waals surface area contributed by atoms with E-state index in [1.54, 1.807) is 25.0 Å². The summed E-state index contributed by atoms with van der Waals surface area (Å²) < 4.78 is 18.3. The highest BCUT2D eigenvalue weighted by atomic mass is 35.5. The van der Waals surface area contributed by atoms with Crippen molar-refractivity contribution in [3.8, 4) is 5.88 Å². The van der Waals surface area contributed by atoms with Crippen molar-refractivity contribution < 1.29 is 19.0 Å². The smallest absolute Gasteiger partial charge is 0.251 e. The number of hydrogen-bond acceptors (Lipinski definition) is 6. The standard InChI is InChI=1S/C22H31ClN4O4/c1-7-27(19-11-31-12-20(19)29-5)18-9-15(23)8-16(13(18)2)21(28)24-10-17-14(3)25-26(4)22(17)30-6/h8-9,19-20H,7,10-12H2,1-6H3,(H,24,28). The number of halogens is 1. The summed E-state index contributed by atoms with van der Waals surface area (Å²) in [7, 11) is 5.09. The van der Waals surface area contributed by atoms with Crippen LogP contribution in [0.3, 0.4) is 0 Å². The van der Waals surface area contributed by atoms with Gasteiger partial charge >= 0.3 is 0 Å². The number of methoxy groups -OCH3 is 2. The molecule has 1 saturated heterocycles. The number of anilines is 1. The fourth-order valence-corrected chi connectivity index (χ4v) is 4.44. The largest absolute Gasteiger partial charge is 0.481 e. The predicted molar refractivity (Wildman–Crippen MR) is 120 cm³/mol. The Kier molecular flexibility index (Phi) is 7.46. The molecule has 31 heavy (non-hydrogen) atoms. The Morgan fingerprint density at radius 1 is 1.35 bits per heavy atom. The van der Waals surface area contributed by atoms with E-state index in [4.69, 9.17) is 25.8 Å². The molecule has 1 N–H and O–H groups in total. The van der Waals surface area contributed by atoms with E-state index in [9.17, 15) is 4.79 Å². The van der Waals surface area contributed by atoms with Gasteiger partial charge in [0.15, 0.2) is 0 Å². The molecule has 2 atom stereocenters. The molecule has 8 nitrogen and oxygen atoms in total. The maximum Gasteiger partial charge on any atom is 0.251 e. The Balaban J connectivity index is 1.87. The lowest BCUT2D eigenvalue weighted by Crippen LogP contribution is -2.44. The van der Waals surface area contributed by atoms with Gasteiger partial charge in [0.05, 0.1) is 44.2 Å². The van der Waals surface area contributed by atoms with Gasteiger partial charge in [0, 0.05) is 37.0 Å². The molecule has 2 heterocycles. The second kappa shape index (κ2) is 9.89. The molecule has 0 bridgehead atoms. The number of rotatable bonds is 8. The van der Waals surface area contributed by atoms with Crippen LogP contribution < -0.4 is 15.0 Å². The zero-order chi connectivity index (χ0) is 22.7. The summed E-state index contributed by atoms with van der Waals surface area (Å²) >= 11 is 6.43. The molecule has 2 aromatic rings. The summed E-state index contributed by atoms with van der Waals surface area (Å²) in [6.07, 6.45) is -0.0309. The molecule has 9 heteroatoms. The first kappa shape index (κ1) is 23.4. The van der Waals surface area contributed by atoms with E-state index >= 15 is 0 Å². The number of nitrogens with zero attached hydrogens (tertiary/aromatic N) is 3. The average Bonchev–Trinajstić information content (AvgIpc) is 3.32. The van der Waals surface area contributed by atoms with Crippen molar-refractivity contribution in [2.75, 3.05) is 38.9 Å². The lowest BCUT2D eigenvalue weighted by molar-refractivity contribution is 0.0768. The SMILES string of the molecule is CCN(c1cc(Cl)cc(C(=O)NCc2c(C)nn(C)c2OC)c1C)C1COCC1OC. The van der Waals surface area contributed by atoms with Gasteiger partial charge < -0.3 is 24.4 Å².